The van der Waals surface area contributed by atoms with E-state index >= 15 is 0 Å². The Hall–Kier alpha value is -2.88. The monoisotopic (exact) mass is 617 g/mol. The lowest BCUT2D eigenvalue weighted by molar-refractivity contribution is -0.138. The summed E-state index contributed by atoms with van der Waals surface area (Å²) in [5.41, 5.74) is 10.7. The van der Waals surface area contributed by atoms with Crippen molar-refractivity contribution in [1.82, 2.24) is 16.0 Å². The van der Waals surface area contributed by atoms with Gasteiger partial charge in [0.2, 0.25) is 23.6 Å². The molecule has 0 heterocycles. The zero-order valence-corrected chi connectivity index (χ0v) is 25.8. The number of hydrogen-bond donors (Lipinski definition) is 7. The number of amides is 4. The predicted octanol–water partition coefficient (Wildman–Crippen LogP) is -1.67. The molecule has 42 heavy (non-hydrogen) atoms. The summed E-state index contributed by atoms with van der Waals surface area (Å²) < 4.78 is 0. The predicted molar refractivity (Wildman–Crippen MR) is 157 cm³/mol. The number of aliphatic hydroxyl groups is 2. The molecular formula is C27H47N5O9S. The van der Waals surface area contributed by atoms with E-state index in [9.17, 15) is 43.8 Å². The van der Waals surface area contributed by atoms with Crippen LogP contribution >= 0.6 is 11.8 Å². The molecular weight excluding hydrogens is 570 g/mol. The summed E-state index contributed by atoms with van der Waals surface area (Å²) in [7, 11) is 0. The standard InChI is InChI=1S/C27H47N5O9S/c1-6-17(35)13-30-26(40)18(15(3)33)11-23(37)21(9-10-42-5)32-27(41)19(16(4)34)12-22(36)20(7-8-24(29)38)31-25(39)14(2)28/h14-16,18-21,33-34H,6-13,28H2,1-5H3,(H2,29,38)(H,30,40)(H,31,39)(H,32,41)/t14-,15?,16?,18-,19-,20-,21-/m0/s1. The quantitative estimate of drug-likeness (QED) is 0.0723. The highest BCUT2D eigenvalue weighted by molar-refractivity contribution is 7.98. The minimum atomic E-state index is -1.33. The molecule has 0 aliphatic heterocycles. The Morgan fingerprint density at radius 1 is 0.786 bits per heavy atom. The third-order valence-electron chi connectivity index (χ3n) is 6.65. The molecule has 0 aromatic carbocycles. The highest BCUT2D eigenvalue weighted by atomic mass is 32.2. The second kappa shape index (κ2) is 20.1. The second-order valence-electron chi connectivity index (χ2n) is 10.3. The fourth-order valence-electron chi connectivity index (χ4n) is 3.86. The van der Waals surface area contributed by atoms with Crippen molar-refractivity contribution in [2.24, 2.45) is 23.3 Å². The molecule has 0 aromatic heterocycles. The summed E-state index contributed by atoms with van der Waals surface area (Å²) in [6, 6.07) is -3.24. The molecule has 0 bridgehead atoms. The maximum Gasteiger partial charge on any atom is 0.237 e. The number of hydrogen-bond acceptors (Lipinski definition) is 11. The lowest BCUT2D eigenvalue weighted by Gasteiger charge is -2.26. The van der Waals surface area contributed by atoms with Gasteiger partial charge in [-0.3, -0.25) is 33.6 Å². The summed E-state index contributed by atoms with van der Waals surface area (Å²) in [4.78, 5) is 87.1. The van der Waals surface area contributed by atoms with Crippen LogP contribution in [0.1, 0.15) is 66.2 Å². The molecule has 0 saturated carbocycles. The van der Waals surface area contributed by atoms with E-state index in [4.69, 9.17) is 11.5 Å². The van der Waals surface area contributed by atoms with E-state index < -0.39 is 90.2 Å². The van der Waals surface area contributed by atoms with Crippen molar-refractivity contribution in [2.75, 3.05) is 18.6 Å². The van der Waals surface area contributed by atoms with Gasteiger partial charge in [0.25, 0.3) is 0 Å². The van der Waals surface area contributed by atoms with Crippen LogP contribution in [-0.4, -0.2) is 100 Å². The summed E-state index contributed by atoms with van der Waals surface area (Å²) in [6.07, 6.45) is -1.72. The normalized spacial score (nSPS) is 16.1. The minimum Gasteiger partial charge on any atom is -0.393 e. The van der Waals surface area contributed by atoms with E-state index in [1.54, 1.807) is 13.2 Å². The number of rotatable bonds is 22. The first-order valence-electron chi connectivity index (χ1n) is 13.9. The number of primary amides is 1. The smallest absolute Gasteiger partial charge is 0.237 e. The van der Waals surface area contributed by atoms with Crippen molar-refractivity contribution in [3.8, 4) is 0 Å². The molecule has 2 unspecified atom stereocenters. The van der Waals surface area contributed by atoms with Gasteiger partial charge in [0.15, 0.2) is 17.3 Å². The lowest BCUT2D eigenvalue weighted by Crippen LogP contribution is -2.51. The topological polar surface area (TPSA) is 248 Å². The summed E-state index contributed by atoms with van der Waals surface area (Å²) in [6.45, 7) is 5.42. The van der Waals surface area contributed by atoms with Crippen molar-refractivity contribution in [2.45, 2.75) is 96.6 Å². The van der Waals surface area contributed by atoms with Crippen LogP contribution in [0.5, 0.6) is 0 Å². The van der Waals surface area contributed by atoms with Crippen LogP contribution in [0.3, 0.4) is 0 Å². The Kier molecular flexibility index (Phi) is 18.7. The van der Waals surface area contributed by atoms with E-state index in [1.165, 1.54) is 32.5 Å². The van der Waals surface area contributed by atoms with Crippen LogP contribution < -0.4 is 27.4 Å². The maximum atomic E-state index is 13.3. The molecule has 4 amide bonds. The first kappa shape index (κ1) is 39.1. The van der Waals surface area contributed by atoms with Crippen LogP contribution in [0.4, 0.5) is 0 Å². The van der Waals surface area contributed by atoms with Crippen molar-refractivity contribution >= 4 is 52.7 Å². The van der Waals surface area contributed by atoms with Gasteiger partial charge in [-0.15, -0.1) is 0 Å². The Bertz CT molecular complexity index is 958. The summed E-state index contributed by atoms with van der Waals surface area (Å²) >= 11 is 1.40. The van der Waals surface area contributed by atoms with Gasteiger partial charge in [-0.2, -0.15) is 11.8 Å². The van der Waals surface area contributed by atoms with Crippen molar-refractivity contribution < 1.29 is 43.8 Å². The molecule has 7 atom stereocenters. The number of nitrogens with two attached hydrogens (primary N) is 2. The third kappa shape index (κ3) is 14.8. The van der Waals surface area contributed by atoms with E-state index in [-0.39, 0.29) is 38.0 Å². The zero-order chi connectivity index (χ0) is 32.6. The molecule has 0 rings (SSSR count). The van der Waals surface area contributed by atoms with Crippen molar-refractivity contribution in [3.63, 3.8) is 0 Å². The average Bonchev–Trinajstić information content (AvgIpc) is 2.91. The van der Waals surface area contributed by atoms with Crippen LogP contribution in [-0.2, 0) is 33.6 Å². The Balaban J connectivity index is 5.79. The molecule has 0 saturated heterocycles. The molecule has 15 heteroatoms. The number of thioether (sulfide) groups is 1. The van der Waals surface area contributed by atoms with Gasteiger partial charge in [0, 0.05) is 25.7 Å². The molecule has 0 spiro atoms. The fraction of sp³-hybridized carbons (Fsp3) is 0.741. The molecule has 0 fully saturated rings. The molecule has 9 N–H and O–H groups in total. The zero-order valence-electron chi connectivity index (χ0n) is 25.0. The van der Waals surface area contributed by atoms with E-state index in [0.717, 1.165) is 0 Å². The molecule has 14 nitrogen and oxygen atoms in total. The fourth-order valence-corrected chi connectivity index (χ4v) is 4.33. The number of nitrogens with one attached hydrogen (secondary N) is 3. The van der Waals surface area contributed by atoms with Gasteiger partial charge >= 0.3 is 0 Å². The average molecular weight is 618 g/mol. The van der Waals surface area contributed by atoms with Crippen molar-refractivity contribution in [1.29, 1.82) is 0 Å². The van der Waals surface area contributed by atoms with Gasteiger partial charge in [-0.25, -0.2) is 0 Å². The molecule has 0 radical (unpaired) electrons. The van der Waals surface area contributed by atoms with E-state index in [1.807, 2.05) is 0 Å². The number of carbonyl (C=O) groups is 7. The molecule has 0 aliphatic carbocycles. The number of carbonyl (C=O) groups excluding carboxylic acids is 7. The number of ketones is 3. The number of Topliss-reactive ketones (excluding diaryl/α,β-unsaturated/α-hetero) is 3. The molecule has 240 valence electrons. The van der Waals surface area contributed by atoms with Gasteiger partial charge in [0.05, 0.1) is 48.7 Å². The minimum absolute atomic E-state index is 0.137. The Morgan fingerprint density at radius 3 is 1.69 bits per heavy atom. The molecule has 0 aliphatic rings. The van der Waals surface area contributed by atoms with Crippen LogP contribution in [0, 0.1) is 11.8 Å². The van der Waals surface area contributed by atoms with Gasteiger partial charge in [-0.05, 0) is 45.6 Å². The third-order valence-corrected chi connectivity index (χ3v) is 7.29. The second-order valence-corrected chi connectivity index (χ2v) is 11.3. The van der Waals surface area contributed by atoms with Crippen molar-refractivity contribution in [3.05, 3.63) is 0 Å². The van der Waals surface area contributed by atoms with Gasteiger partial charge < -0.3 is 37.6 Å². The van der Waals surface area contributed by atoms with E-state index in [2.05, 4.69) is 16.0 Å². The largest absolute Gasteiger partial charge is 0.393 e. The SMILES string of the molecule is CCC(=O)CNC(=O)[C@@H](CC(=O)[C@H](CCSC)NC(=O)[C@@H](CC(=O)[C@H](CCC(N)=O)NC(=O)[C@H](C)N)C(C)O)C(C)O. The van der Waals surface area contributed by atoms with Crippen LogP contribution in [0.25, 0.3) is 0 Å². The maximum absolute atomic E-state index is 13.3. The van der Waals surface area contributed by atoms with Gasteiger partial charge in [0.1, 0.15) is 0 Å². The summed E-state index contributed by atoms with van der Waals surface area (Å²) in [5, 5.41) is 27.9. The first-order chi connectivity index (χ1) is 19.5. The first-order valence-corrected chi connectivity index (χ1v) is 15.3. The van der Waals surface area contributed by atoms with Crippen LogP contribution in [0.2, 0.25) is 0 Å². The number of aliphatic hydroxyl groups excluding tert-OH is 2. The Morgan fingerprint density at radius 2 is 1.26 bits per heavy atom. The van der Waals surface area contributed by atoms with Crippen LogP contribution in [0.15, 0.2) is 0 Å². The molecule has 0 aromatic rings. The Labute approximate surface area is 250 Å². The highest BCUT2D eigenvalue weighted by Crippen LogP contribution is 2.17. The summed E-state index contributed by atoms with van der Waals surface area (Å²) in [5.74, 6) is -6.33. The van der Waals surface area contributed by atoms with E-state index in [0.29, 0.717) is 5.75 Å². The van der Waals surface area contributed by atoms with Gasteiger partial charge in [-0.1, -0.05) is 6.92 Å². The highest BCUT2D eigenvalue weighted by Gasteiger charge is 2.35. The lowest BCUT2D eigenvalue weighted by atomic mass is 9.90.